The van der Waals surface area contributed by atoms with E-state index in [4.69, 9.17) is 18.6 Å². The van der Waals surface area contributed by atoms with Crippen molar-refractivity contribution >= 4 is 0 Å². The summed E-state index contributed by atoms with van der Waals surface area (Å²) in [5.41, 5.74) is 0.692. The third kappa shape index (κ3) is 3.45. The molecule has 0 saturated carbocycles. The quantitative estimate of drug-likeness (QED) is 0.689. The summed E-state index contributed by atoms with van der Waals surface area (Å²) in [6, 6.07) is 11.1. The fourth-order valence-corrected chi connectivity index (χ4v) is 2.10. The molecule has 0 saturated heterocycles. The molecule has 0 amide bonds. The first-order valence-corrected chi connectivity index (χ1v) is 7.12. The zero-order chi connectivity index (χ0) is 16.9. The molecule has 0 aliphatic carbocycles. The molecule has 0 fully saturated rings. The molecule has 3 rings (SSSR count). The maximum Gasteiger partial charge on any atom is 0.254 e. The number of benzene rings is 2. The van der Waals surface area contributed by atoms with Gasteiger partial charge in [-0.2, -0.15) is 0 Å². The van der Waals surface area contributed by atoms with Crippen LogP contribution in [-0.4, -0.2) is 24.4 Å². The van der Waals surface area contributed by atoms with E-state index >= 15 is 0 Å². The van der Waals surface area contributed by atoms with Gasteiger partial charge in [0.05, 0.1) is 14.2 Å². The monoisotopic (exact) mass is 330 g/mol. The molecular formula is C17H15FN2O4. The Hall–Kier alpha value is -3.09. The minimum absolute atomic E-state index is 0.0454. The summed E-state index contributed by atoms with van der Waals surface area (Å²) in [6.45, 7) is 0.0454. The van der Waals surface area contributed by atoms with E-state index in [0.29, 0.717) is 28.7 Å². The summed E-state index contributed by atoms with van der Waals surface area (Å²) >= 11 is 0. The SMILES string of the molecule is COc1ccc(-c2nnc(COc3cccc(F)c3)o2)cc1OC. The average Bonchev–Trinajstić information content (AvgIpc) is 3.08. The summed E-state index contributed by atoms with van der Waals surface area (Å²) in [4.78, 5) is 0. The summed E-state index contributed by atoms with van der Waals surface area (Å²) in [7, 11) is 3.11. The van der Waals surface area contributed by atoms with E-state index in [1.54, 1.807) is 44.6 Å². The zero-order valence-electron chi connectivity index (χ0n) is 13.2. The Bertz CT molecular complexity index is 835. The van der Waals surface area contributed by atoms with Gasteiger partial charge in [0, 0.05) is 11.6 Å². The molecule has 0 spiro atoms. The molecule has 0 atom stereocenters. The van der Waals surface area contributed by atoms with Crippen molar-refractivity contribution in [3.8, 4) is 28.7 Å². The topological polar surface area (TPSA) is 66.6 Å². The van der Waals surface area contributed by atoms with Crippen LogP contribution in [-0.2, 0) is 6.61 Å². The molecule has 0 radical (unpaired) electrons. The first-order valence-electron chi connectivity index (χ1n) is 7.12. The normalized spacial score (nSPS) is 10.5. The van der Waals surface area contributed by atoms with Crippen molar-refractivity contribution in [1.29, 1.82) is 0 Å². The fraction of sp³-hybridized carbons (Fsp3) is 0.176. The van der Waals surface area contributed by atoms with Crippen LogP contribution in [0, 0.1) is 5.82 Å². The number of hydrogen-bond donors (Lipinski definition) is 0. The average molecular weight is 330 g/mol. The minimum atomic E-state index is -0.371. The van der Waals surface area contributed by atoms with Crippen LogP contribution in [0.1, 0.15) is 5.89 Å². The van der Waals surface area contributed by atoms with Gasteiger partial charge >= 0.3 is 0 Å². The largest absolute Gasteiger partial charge is 0.493 e. The van der Waals surface area contributed by atoms with Crippen molar-refractivity contribution in [3.63, 3.8) is 0 Å². The molecule has 0 bridgehead atoms. The van der Waals surface area contributed by atoms with Crippen LogP contribution in [0.25, 0.3) is 11.5 Å². The molecule has 24 heavy (non-hydrogen) atoms. The number of nitrogens with zero attached hydrogens (tertiary/aromatic N) is 2. The first kappa shape index (κ1) is 15.8. The Balaban J connectivity index is 1.73. The molecule has 3 aromatic rings. The summed E-state index contributed by atoms with van der Waals surface area (Å²) < 4.78 is 34.5. The summed E-state index contributed by atoms with van der Waals surface area (Å²) in [6.07, 6.45) is 0. The van der Waals surface area contributed by atoms with E-state index < -0.39 is 0 Å². The first-order chi connectivity index (χ1) is 11.7. The molecule has 1 aromatic heterocycles. The van der Waals surface area contributed by atoms with E-state index in [0.717, 1.165) is 0 Å². The molecule has 2 aromatic carbocycles. The van der Waals surface area contributed by atoms with E-state index in [1.165, 1.54) is 12.1 Å². The van der Waals surface area contributed by atoms with Crippen molar-refractivity contribution in [2.45, 2.75) is 6.61 Å². The van der Waals surface area contributed by atoms with Crippen molar-refractivity contribution in [1.82, 2.24) is 10.2 Å². The number of rotatable bonds is 6. The molecule has 0 aliphatic rings. The predicted molar refractivity (Wildman–Crippen MR) is 83.6 cm³/mol. The standard InChI is InChI=1S/C17H15FN2O4/c1-21-14-7-6-11(8-15(14)22-2)17-20-19-16(24-17)10-23-13-5-3-4-12(18)9-13/h3-9H,10H2,1-2H3. The molecule has 0 aliphatic heterocycles. The Kier molecular flexibility index (Phi) is 4.60. The maximum atomic E-state index is 13.1. The Morgan fingerprint density at radius 3 is 2.58 bits per heavy atom. The highest BCUT2D eigenvalue weighted by Gasteiger charge is 2.12. The third-order valence-electron chi connectivity index (χ3n) is 3.26. The van der Waals surface area contributed by atoms with Crippen molar-refractivity contribution in [3.05, 3.63) is 54.2 Å². The van der Waals surface area contributed by atoms with Gasteiger partial charge in [0.25, 0.3) is 5.89 Å². The van der Waals surface area contributed by atoms with Gasteiger partial charge in [-0.1, -0.05) is 6.07 Å². The van der Waals surface area contributed by atoms with Crippen LogP contribution in [0.5, 0.6) is 17.2 Å². The highest BCUT2D eigenvalue weighted by Crippen LogP contribution is 2.31. The molecule has 0 N–H and O–H groups in total. The second-order valence-electron chi connectivity index (χ2n) is 4.82. The summed E-state index contributed by atoms with van der Waals surface area (Å²) in [5.74, 6) is 1.80. The maximum absolute atomic E-state index is 13.1. The minimum Gasteiger partial charge on any atom is -0.493 e. The molecule has 0 unspecified atom stereocenters. The van der Waals surface area contributed by atoms with Crippen molar-refractivity contribution in [2.75, 3.05) is 14.2 Å². The highest BCUT2D eigenvalue weighted by atomic mass is 19.1. The lowest BCUT2D eigenvalue weighted by Crippen LogP contribution is -1.95. The lowest BCUT2D eigenvalue weighted by Gasteiger charge is -2.07. The van der Waals surface area contributed by atoms with E-state index in [1.807, 2.05) is 0 Å². The second-order valence-corrected chi connectivity index (χ2v) is 4.82. The van der Waals surface area contributed by atoms with Gasteiger partial charge in [-0.3, -0.25) is 0 Å². The molecule has 7 heteroatoms. The van der Waals surface area contributed by atoms with Gasteiger partial charge in [-0.25, -0.2) is 4.39 Å². The smallest absolute Gasteiger partial charge is 0.254 e. The number of halogens is 1. The van der Waals surface area contributed by atoms with Crippen LogP contribution in [0.15, 0.2) is 46.9 Å². The molecule has 1 heterocycles. The van der Waals surface area contributed by atoms with Gasteiger partial charge < -0.3 is 18.6 Å². The van der Waals surface area contributed by atoms with Gasteiger partial charge in [0.1, 0.15) is 11.6 Å². The number of aromatic nitrogens is 2. The lowest BCUT2D eigenvalue weighted by atomic mass is 10.2. The zero-order valence-corrected chi connectivity index (χ0v) is 13.2. The van der Waals surface area contributed by atoms with Crippen molar-refractivity contribution in [2.24, 2.45) is 0 Å². The Labute approximate surface area is 137 Å². The Morgan fingerprint density at radius 1 is 1.00 bits per heavy atom. The van der Waals surface area contributed by atoms with Gasteiger partial charge in [0.15, 0.2) is 18.1 Å². The molecular weight excluding hydrogens is 315 g/mol. The highest BCUT2D eigenvalue weighted by molar-refractivity contribution is 5.59. The number of hydrogen-bond acceptors (Lipinski definition) is 6. The second kappa shape index (κ2) is 6.99. The predicted octanol–water partition coefficient (Wildman–Crippen LogP) is 3.47. The van der Waals surface area contributed by atoms with Gasteiger partial charge in [0.2, 0.25) is 5.89 Å². The molecule has 6 nitrogen and oxygen atoms in total. The summed E-state index contributed by atoms with van der Waals surface area (Å²) in [5, 5.41) is 7.90. The number of methoxy groups -OCH3 is 2. The van der Waals surface area contributed by atoms with Crippen LogP contribution in [0.2, 0.25) is 0 Å². The van der Waals surface area contributed by atoms with Crippen LogP contribution < -0.4 is 14.2 Å². The van der Waals surface area contributed by atoms with E-state index in [2.05, 4.69) is 10.2 Å². The Morgan fingerprint density at radius 2 is 1.83 bits per heavy atom. The van der Waals surface area contributed by atoms with E-state index in [-0.39, 0.29) is 18.3 Å². The number of ether oxygens (including phenoxy) is 3. The van der Waals surface area contributed by atoms with Crippen molar-refractivity contribution < 1.29 is 23.0 Å². The van der Waals surface area contributed by atoms with E-state index in [9.17, 15) is 4.39 Å². The third-order valence-corrected chi connectivity index (χ3v) is 3.26. The van der Waals surface area contributed by atoms with Crippen LogP contribution >= 0.6 is 0 Å². The molecule has 124 valence electrons. The fourth-order valence-electron chi connectivity index (χ4n) is 2.10. The van der Waals surface area contributed by atoms with Gasteiger partial charge in [-0.05, 0) is 30.3 Å². The van der Waals surface area contributed by atoms with Crippen LogP contribution in [0.3, 0.4) is 0 Å². The lowest BCUT2D eigenvalue weighted by molar-refractivity contribution is 0.263. The van der Waals surface area contributed by atoms with Crippen LogP contribution in [0.4, 0.5) is 4.39 Å². The van der Waals surface area contributed by atoms with Gasteiger partial charge in [-0.15, -0.1) is 10.2 Å².